The average molecular weight is 375 g/mol. The van der Waals surface area contributed by atoms with Crippen molar-refractivity contribution in [2.24, 2.45) is 0 Å². The van der Waals surface area contributed by atoms with Gasteiger partial charge in [0, 0.05) is 12.0 Å². The molecule has 0 fully saturated rings. The van der Waals surface area contributed by atoms with E-state index in [1.807, 2.05) is 13.0 Å². The molecule has 152 valence electrons. The Balaban J connectivity index is 2.62. The van der Waals surface area contributed by atoms with E-state index in [4.69, 9.17) is 9.47 Å². The molecule has 3 nitrogen and oxygen atoms in total. The molecule has 0 heterocycles. The number of carbonyl (C=O) groups excluding carboxylic acids is 1. The molecule has 1 unspecified atom stereocenters. The summed E-state index contributed by atoms with van der Waals surface area (Å²) in [5, 5.41) is 0. The second-order valence-electron chi connectivity index (χ2n) is 7.02. The van der Waals surface area contributed by atoms with Crippen LogP contribution < -0.4 is 9.47 Å². The molecule has 0 aliphatic heterocycles. The van der Waals surface area contributed by atoms with Gasteiger partial charge in [0.2, 0.25) is 0 Å². The van der Waals surface area contributed by atoms with Crippen LogP contribution in [0.2, 0.25) is 0 Å². The van der Waals surface area contributed by atoms with Gasteiger partial charge in [-0.25, -0.2) is 0 Å². The molecule has 27 heavy (non-hydrogen) atoms. The smallest absolute Gasteiger partial charge is 0.161 e. The predicted octanol–water partition coefficient (Wildman–Crippen LogP) is 7.14. The van der Waals surface area contributed by atoms with E-state index in [1.165, 1.54) is 44.9 Å². The number of aldehydes is 1. The maximum Gasteiger partial charge on any atom is 0.161 e. The van der Waals surface area contributed by atoms with Crippen LogP contribution in [0.25, 0.3) is 0 Å². The summed E-state index contributed by atoms with van der Waals surface area (Å²) in [4.78, 5) is 11.0. The lowest BCUT2D eigenvalue weighted by Gasteiger charge is -2.20. The highest BCUT2D eigenvalue weighted by Gasteiger charge is 2.13. The molecule has 0 aromatic heterocycles. The number of benzene rings is 1. The molecule has 0 bridgehead atoms. The van der Waals surface area contributed by atoms with Crippen LogP contribution in [0.3, 0.4) is 0 Å². The first-order valence-corrected chi connectivity index (χ1v) is 10.8. The van der Waals surface area contributed by atoms with Crippen molar-refractivity contribution in [2.75, 3.05) is 6.61 Å². The number of unbranched alkanes of at least 4 members (excludes halogenated alkanes) is 6. The van der Waals surface area contributed by atoms with E-state index in [9.17, 15) is 4.79 Å². The van der Waals surface area contributed by atoms with Crippen molar-refractivity contribution in [1.82, 2.24) is 0 Å². The van der Waals surface area contributed by atoms with Gasteiger partial charge in [-0.2, -0.15) is 0 Å². The SMILES string of the molecule is CC/C=C\CC(CCCCCCCCC)Oc1ccc(C=O)cc1OCC. The van der Waals surface area contributed by atoms with Crippen molar-refractivity contribution >= 4 is 6.29 Å². The molecule has 0 radical (unpaired) electrons. The average Bonchev–Trinajstić information content (AvgIpc) is 2.68. The summed E-state index contributed by atoms with van der Waals surface area (Å²) < 4.78 is 12.0. The van der Waals surface area contributed by atoms with Crippen molar-refractivity contribution < 1.29 is 14.3 Å². The van der Waals surface area contributed by atoms with Gasteiger partial charge in [0.1, 0.15) is 12.4 Å². The lowest BCUT2D eigenvalue weighted by molar-refractivity contribution is 0.112. The quantitative estimate of drug-likeness (QED) is 0.175. The number of carbonyl (C=O) groups is 1. The number of rotatable bonds is 16. The Labute approximate surface area is 166 Å². The van der Waals surface area contributed by atoms with Crippen molar-refractivity contribution in [3.05, 3.63) is 35.9 Å². The van der Waals surface area contributed by atoms with Crippen LogP contribution in [-0.4, -0.2) is 19.0 Å². The first-order chi connectivity index (χ1) is 13.2. The van der Waals surface area contributed by atoms with Crippen molar-refractivity contribution in [1.29, 1.82) is 0 Å². The van der Waals surface area contributed by atoms with Gasteiger partial charge >= 0.3 is 0 Å². The Hall–Kier alpha value is -1.77. The molecule has 0 spiro atoms. The largest absolute Gasteiger partial charge is 0.490 e. The third kappa shape index (κ3) is 10.2. The molecular weight excluding hydrogens is 336 g/mol. The van der Waals surface area contributed by atoms with Gasteiger partial charge in [-0.15, -0.1) is 0 Å². The molecule has 0 aliphatic rings. The summed E-state index contributed by atoms with van der Waals surface area (Å²) in [5.74, 6) is 1.39. The van der Waals surface area contributed by atoms with E-state index in [2.05, 4.69) is 26.0 Å². The minimum absolute atomic E-state index is 0.143. The highest BCUT2D eigenvalue weighted by molar-refractivity contribution is 5.76. The van der Waals surface area contributed by atoms with E-state index >= 15 is 0 Å². The fourth-order valence-corrected chi connectivity index (χ4v) is 3.11. The fraction of sp³-hybridized carbons (Fsp3) is 0.625. The number of allylic oxidation sites excluding steroid dienone is 1. The van der Waals surface area contributed by atoms with Gasteiger partial charge in [-0.3, -0.25) is 4.79 Å². The van der Waals surface area contributed by atoms with Crippen LogP contribution in [0, 0.1) is 0 Å². The Morgan fingerprint density at radius 1 is 0.926 bits per heavy atom. The molecular formula is C24H38O3. The van der Waals surface area contributed by atoms with Crippen LogP contribution in [-0.2, 0) is 0 Å². The van der Waals surface area contributed by atoms with E-state index < -0.39 is 0 Å². The highest BCUT2D eigenvalue weighted by Crippen LogP contribution is 2.30. The van der Waals surface area contributed by atoms with Gasteiger partial charge in [0.05, 0.1) is 6.61 Å². The molecule has 1 rings (SSSR count). The first-order valence-electron chi connectivity index (χ1n) is 10.8. The predicted molar refractivity (Wildman–Crippen MR) is 114 cm³/mol. The minimum atomic E-state index is 0.143. The zero-order chi connectivity index (χ0) is 19.7. The molecule has 1 aromatic carbocycles. The van der Waals surface area contributed by atoms with Crippen LogP contribution >= 0.6 is 0 Å². The van der Waals surface area contributed by atoms with Gasteiger partial charge in [-0.05, 0) is 44.4 Å². The Morgan fingerprint density at radius 2 is 1.67 bits per heavy atom. The third-order valence-corrected chi connectivity index (χ3v) is 4.63. The second-order valence-corrected chi connectivity index (χ2v) is 7.02. The zero-order valence-electron chi connectivity index (χ0n) is 17.5. The molecule has 1 aromatic rings. The van der Waals surface area contributed by atoms with E-state index in [0.717, 1.165) is 31.3 Å². The second kappa shape index (κ2) is 15.3. The Kier molecular flexibility index (Phi) is 13.2. The number of hydrogen-bond acceptors (Lipinski definition) is 3. The van der Waals surface area contributed by atoms with Gasteiger partial charge in [0.15, 0.2) is 11.5 Å². The maximum absolute atomic E-state index is 11.0. The third-order valence-electron chi connectivity index (χ3n) is 4.63. The molecule has 0 aliphatic carbocycles. The van der Waals surface area contributed by atoms with Crippen molar-refractivity contribution in [3.63, 3.8) is 0 Å². The standard InChI is InChI=1S/C24H38O3/c1-4-7-9-10-11-12-14-16-22(15-13-8-5-2)27-23-18-17-21(20-25)19-24(23)26-6-3/h8,13,17-20,22H,4-7,9-12,14-16H2,1-3H3/b13-8-. The van der Waals surface area contributed by atoms with Crippen molar-refractivity contribution in [2.45, 2.75) is 91.1 Å². The van der Waals surface area contributed by atoms with Gasteiger partial charge in [0.25, 0.3) is 0 Å². The Bertz CT molecular complexity index is 536. The topological polar surface area (TPSA) is 35.5 Å². The van der Waals surface area contributed by atoms with Gasteiger partial charge in [-0.1, -0.05) is 64.5 Å². The van der Waals surface area contributed by atoms with Crippen molar-refractivity contribution in [3.8, 4) is 11.5 Å². The highest BCUT2D eigenvalue weighted by atomic mass is 16.5. The van der Waals surface area contributed by atoms with Gasteiger partial charge < -0.3 is 9.47 Å². The molecule has 0 saturated heterocycles. The summed E-state index contributed by atoms with van der Waals surface area (Å²) >= 11 is 0. The summed E-state index contributed by atoms with van der Waals surface area (Å²) in [6.45, 7) is 6.89. The fourth-order valence-electron chi connectivity index (χ4n) is 3.11. The summed E-state index contributed by atoms with van der Waals surface area (Å²) in [6.07, 6.45) is 17.5. The summed E-state index contributed by atoms with van der Waals surface area (Å²) in [6, 6.07) is 5.41. The van der Waals surface area contributed by atoms with Crippen LogP contribution in [0.1, 0.15) is 95.3 Å². The molecule has 0 saturated carbocycles. The van der Waals surface area contributed by atoms with Crippen LogP contribution in [0.5, 0.6) is 11.5 Å². The molecule has 0 amide bonds. The number of hydrogen-bond donors (Lipinski definition) is 0. The molecule has 3 heteroatoms. The van der Waals surface area contributed by atoms with Crippen LogP contribution in [0.4, 0.5) is 0 Å². The maximum atomic E-state index is 11.0. The molecule has 0 N–H and O–H groups in total. The lowest BCUT2D eigenvalue weighted by Crippen LogP contribution is -2.16. The normalized spacial score (nSPS) is 12.3. The monoisotopic (exact) mass is 374 g/mol. The minimum Gasteiger partial charge on any atom is -0.490 e. The first kappa shape index (κ1) is 23.3. The summed E-state index contributed by atoms with van der Waals surface area (Å²) in [5.41, 5.74) is 0.611. The summed E-state index contributed by atoms with van der Waals surface area (Å²) in [7, 11) is 0. The van der Waals surface area contributed by atoms with E-state index in [-0.39, 0.29) is 6.10 Å². The van der Waals surface area contributed by atoms with E-state index in [0.29, 0.717) is 17.9 Å². The van der Waals surface area contributed by atoms with E-state index in [1.54, 1.807) is 12.1 Å². The Morgan fingerprint density at radius 3 is 2.33 bits per heavy atom. The zero-order valence-corrected chi connectivity index (χ0v) is 17.5. The molecule has 1 atom stereocenters. The number of ether oxygens (including phenoxy) is 2. The lowest BCUT2D eigenvalue weighted by atomic mass is 10.0. The van der Waals surface area contributed by atoms with Crippen LogP contribution in [0.15, 0.2) is 30.4 Å².